The number of rotatable bonds is 11. The van der Waals surface area contributed by atoms with E-state index in [-0.39, 0.29) is 17.4 Å². The standard InChI is InChI=1S/C26H26ClNO4S2/c1-26(2,16-24(31)32)34-25(33-13-12-23(29)30)19-5-3-4-17(14-19)6-10-21-11-8-18-7-9-20(27)15-22(18)28-21/h3-11,14-15,25H,12-13,16H2,1-2H3,(H,29,30)(H,31,32)/b10-6+/t25-/m0/s1. The molecule has 3 rings (SSSR count). The Labute approximate surface area is 212 Å². The first-order valence-corrected chi connectivity index (χ1v) is 13.0. The number of carboxylic acid groups (broad SMARTS) is 2. The highest BCUT2D eigenvalue weighted by atomic mass is 35.5. The molecule has 178 valence electrons. The van der Waals surface area contributed by atoms with Crippen LogP contribution in [0.4, 0.5) is 0 Å². The maximum Gasteiger partial charge on any atom is 0.304 e. The van der Waals surface area contributed by atoms with Gasteiger partial charge in [0.2, 0.25) is 0 Å². The topological polar surface area (TPSA) is 87.5 Å². The van der Waals surface area contributed by atoms with Crippen molar-refractivity contribution in [1.82, 2.24) is 4.98 Å². The molecule has 8 heteroatoms. The van der Waals surface area contributed by atoms with E-state index in [4.69, 9.17) is 16.7 Å². The summed E-state index contributed by atoms with van der Waals surface area (Å²) in [5, 5.41) is 20.0. The van der Waals surface area contributed by atoms with E-state index in [9.17, 15) is 14.7 Å². The third-order valence-corrected chi connectivity index (χ3v) is 8.11. The van der Waals surface area contributed by atoms with Gasteiger partial charge in [-0.25, -0.2) is 4.98 Å². The summed E-state index contributed by atoms with van der Waals surface area (Å²) in [6.45, 7) is 3.80. The van der Waals surface area contributed by atoms with Gasteiger partial charge in [0.25, 0.3) is 0 Å². The number of thioether (sulfide) groups is 2. The van der Waals surface area contributed by atoms with Gasteiger partial charge in [0.15, 0.2) is 0 Å². The zero-order valence-corrected chi connectivity index (χ0v) is 21.3. The van der Waals surface area contributed by atoms with E-state index in [2.05, 4.69) is 11.1 Å². The number of aliphatic carboxylic acids is 2. The summed E-state index contributed by atoms with van der Waals surface area (Å²) in [6, 6.07) is 17.6. The fraction of sp³-hybridized carbons (Fsp3) is 0.269. The van der Waals surface area contributed by atoms with Crippen molar-refractivity contribution in [2.75, 3.05) is 5.75 Å². The van der Waals surface area contributed by atoms with Crippen LogP contribution in [0.5, 0.6) is 0 Å². The van der Waals surface area contributed by atoms with Crippen LogP contribution in [-0.4, -0.2) is 37.6 Å². The highest BCUT2D eigenvalue weighted by Gasteiger charge is 2.28. The van der Waals surface area contributed by atoms with E-state index in [1.807, 2.05) is 74.5 Å². The molecule has 0 aliphatic rings. The van der Waals surface area contributed by atoms with Crippen LogP contribution in [0, 0.1) is 0 Å². The number of carbonyl (C=O) groups is 2. The summed E-state index contributed by atoms with van der Waals surface area (Å²) in [5.74, 6) is -1.26. The molecule has 0 unspecified atom stereocenters. The Hall–Kier alpha value is -2.48. The van der Waals surface area contributed by atoms with Crippen molar-refractivity contribution in [3.05, 3.63) is 76.4 Å². The van der Waals surface area contributed by atoms with Crippen molar-refractivity contribution in [3.63, 3.8) is 0 Å². The highest BCUT2D eigenvalue weighted by molar-refractivity contribution is 8.16. The summed E-state index contributed by atoms with van der Waals surface area (Å²) >= 11 is 9.16. The molecule has 0 radical (unpaired) electrons. The Kier molecular flexibility index (Phi) is 9.05. The minimum atomic E-state index is -0.854. The van der Waals surface area contributed by atoms with E-state index in [0.29, 0.717) is 10.8 Å². The minimum Gasteiger partial charge on any atom is -0.481 e. The van der Waals surface area contributed by atoms with Crippen molar-refractivity contribution < 1.29 is 19.8 Å². The number of hydrogen-bond acceptors (Lipinski definition) is 5. The average Bonchev–Trinajstić information content (AvgIpc) is 2.75. The van der Waals surface area contributed by atoms with Crippen LogP contribution in [0.1, 0.15) is 48.1 Å². The average molecular weight is 516 g/mol. The first-order chi connectivity index (χ1) is 16.1. The molecule has 34 heavy (non-hydrogen) atoms. The number of aromatic nitrogens is 1. The van der Waals surface area contributed by atoms with E-state index >= 15 is 0 Å². The molecule has 0 amide bonds. The van der Waals surface area contributed by atoms with Crippen LogP contribution < -0.4 is 0 Å². The number of benzene rings is 2. The predicted octanol–water partition coefficient (Wildman–Crippen LogP) is 7.25. The van der Waals surface area contributed by atoms with Gasteiger partial charge in [0.1, 0.15) is 0 Å². The third kappa shape index (κ3) is 8.08. The van der Waals surface area contributed by atoms with Crippen LogP contribution in [-0.2, 0) is 9.59 Å². The SMILES string of the molecule is CC(C)(CC(=O)O)S[C@H](SCCC(=O)O)c1cccc(/C=C/c2ccc3ccc(Cl)cc3n2)c1. The summed E-state index contributed by atoms with van der Waals surface area (Å²) in [4.78, 5) is 26.9. The van der Waals surface area contributed by atoms with Gasteiger partial charge in [-0.15, -0.1) is 23.5 Å². The molecule has 2 aromatic carbocycles. The number of pyridine rings is 1. The third-order valence-electron chi connectivity index (χ3n) is 4.89. The second-order valence-corrected chi connectivity index (χ2v) is 12.1. The minimum absolute atomic E-state index is 0.0188. The van der Waals surface area contributed by atoms with Gasteiger partial charge < -0.3 is 10.2 Å². The fourth-order valence-corrected chi connectivity index (χ4v) is 6.76. The molecule has 2 N–H and O–H groups in total. The molecule has 0 aliphatic heterocycles. The number of hydrogen-bond donors (Lipinski definition) is 2. The Morgan fingerprint density at radius 3 is 2.56 bits per heavy atom. The van der Waals surface area contributed by atoms with Gasteiger partial charge in [-0.2, -0.15) is 0 Å². The number of nitrogens with zero attached hydrogens (tertiary/aromatic N) is 1. The molecule has 0 aliphatic carbocycles. The van der Waals surface area contributed by atoms with Crippen LogP contribution in [0.2, 0.25) is 5.02 Å². The molecule has 1 aromatic heterocycles. The molecule has 0 saturated heterocycles. The van der Waals surface area contributed by atoms with E-state index < -0.39 is 16.7 Å². The summed E-state index contributed by atoms with van der Waals surface area (Å²) in [6.07, 6.45) is 3.99. The number of fused-ring (bicyclic) bond motifs is 1. The number of halogens is 1. The van der Waals surface area contributed by atoms with Crippen molar-refractivity contribution in [1.29, 1.82) is 0 Å². The molecule has 1 heterocycles. The van der Waals surface area contributed by atoms with Gasteiger partial charge in [0, 0.05) is 20.9 Å². The largest absolute Gasteiger partial charge is 0.481 e. The van der Waals surface area contributed by atoms with Gasteiger partial charge in [-0.05, 0) is 41.5 Å². The molecule has 0 saturated carbocycles. The number of carboxylic acids is 2. The Morgan fingerprint density at radius 2 is 1.82 bits per heavy atom. The molecule has 0 fully saturated rings. The van der Waals surface area contributed by atoms with Crippen LogP contribution in [0.3, 0.4) is 0 Å². The van der Waals surface area contributed by atoms with Crippen molar-refractivity contribution in [2.24, 2.45) is 0 Å². The Bertz CT molecular complexity index is 1210. The van der Waals surface area contributed by atoms with Gasteiger partial charge in [-0.1, -0.05) is 61.9 Å². The normalized spacial score (nSPS) is 12.8. The van der Waals surface area contributed by atoms with Crippen molar-refractivity contribution in [2.45, 2.75) is 36.0 Å². The monoisotopic (exact) mass is 515 g/mol. The van der Waals surface area contributed by atoms with Crippen molar-refractivity contribution >= 4 is 70.1 Å². The molecular weight excluding hydrogens is 490 g/mol. The fourth-order valence-electron chi connectivity index (χ4n) is 3.34. The van der Waals surface area contributed by atoms with E-state index in [1.54, 1.807) is 11.8 Å². The lowest BCUT2D eigenvalue weighted by Gasteiger charge is -2.28. The maximum atomic E-state index is 11.3. The lowest BCUT2D eigenvalue weighted by atomic mass is 10.1. The molecule has 3 aromatic rings. The summed E-state index contributed by atoms with van der Waals surface area (Å²) in [7, 11) is 0. The van der Waals surface area contributed by atoms with Gasteiger partial charge >= 0.3 is 11.9 Å². The molecule has 0 bridgehead atoms. The van der Waals surface area contributed by atoms with Gasteiger partial charge in [0.05, 0.1) is 28.6 Å². The second-order valence-electron chi connectivity index (χ2n) is 8.37. The Balaban J connectivity index is 1.82. The summed E-state index contributed by atoms with van der Waals surface area (Å²) in [5.41, 5.74) is 3.63. The lowest BCUT2D eigenvalue weighted by molar-refractivity contribution is -0.138. The molecule has 5 nitrogen and oxygen atoms in total. The van der Waals surface area contributed by atoms with Crippen LogP contribution >= 0.6 is 35.1 Å². The lowest BCUT2D eigenvalue weighted by Crippen LogP contribution is -2.21. The van der Waals surface area contributed by atoms with E-state index in [1.165, 1.54) is 11.8 Å². The van der Waals surface area contributed by atoms with Gasteiger partial charge in [-0.3, -0.25) is 9.59 Å². The highest BCUT2D eigenvalue weighted by Crippen LogP contribution is 2.47. The Morgan fingerprint density at radius 1 is 1.06 bits per heavy atom. The molecule has 0 spiro atoms. The summed E-state index contributed by atoms with van der Waals surface area (Å²) < 4.78 is -0.600. The quantitative estimate of drug-likeness (QED) is 0.260. The first kappa shape index (κ1) is 26.1. The van der Waals surface area contributed by atoms with Crippen molar-refractivity contribution in [3.8, 4) is 0 Å². The smallest absolute Gasteiger partial charge is 0.304 e. The second kappa shape index (κ2) is 11.8. The van der Waals surface area contributed by atoms with E-state index in [0.717, 1.165) is 27.7 Å². The van der Waals surface area contributed by atoms with Crippen LogP contribution in [0.25, 0.3) is 23.1 Å². The zero-order valence-electron chi connectivity index (χ0n) is 18.9. The maximum absolute atomic E-state index is 11.3. The molecule has 1 atom stereocenters. The van der Waals surface area contributed by atoms with Crippen LogP contribution in [0.15, 0.2) is 54.6 Å². The molecular formula is C26H26ClNO4S2. The first-order valence-electron chi connectivity index (χ1n) is 10.7. The predicted molar refractivity (Wildman–Crippen MR) is 143 cm³/mol. The zero-order chi connectivity index (χ0) is 24.7.